The lowest BCUT2D eigenvalue weighted by atomic mass is 9.88. The van der Waals surface area contributed by atoms with Crippen molar-refractivity contribution in [2.45, 2.75) is 25.7 Å². The van der Waals surface area contributed by atoms with Gasteiger partial charge in [0.25, 0.3) is 0 Å². The van der Waals surface area contributed by atoms with Gasteiger partial charge in [0.2, 0.25) is 0 Å². The fourth-order valence-corrected chi connectivity index (χ4v) is 4.38. The van der Waals surface area contributed by atoms with Gasteiger partial charge in [0, 0.05) is 41.4 Å². The van der Waals surface area contributed by atoms with E-state index < -0.39 is 0 Å². The number of piperidine rings is 1. The predicted octanol–water partition coefficient (Wildman–Crippen LogP) is 4.59. The Morgan fingerprint density at radius 2 is 2.04 bits per heavy atom. The third-order valence-electron chi connectivity index (χ3n) is 5.83. The minimum absolute atomic E-state index is 0.524. The molecule has 1 fully saturated rings. The largest absolute Gasteiger partial charge is 0.354 e. The number of hydrogen-bond acceptors (Lipinski definition) is 3. The molecule has 0 bridgehead atoms. The average molecular weight is 383 g/mol. The number of aromatic nitrogens is 2. The molecular weight excluding hydrogens is 356 g/mol. The normalized spacial score (nSPS) is 16.3. The molecule has 4 nitrogen and oxygen atoms in total. The summed E-state index contributed by atoms with van der Waals surface area (Å²) in [6, 6.07) is 10.8. The molecular formula is C22H27ClN4. The summed E-state index contributed by atoms with van der Waals surface area (Å²) in [7, 11) is 2.02. The van der Waals surface area contributed by atoms with Gasteiger partial charge in [0.15, 0.2) is 0 Å². The lowest BCUT2D eigenvalue weighted by Crippen LogP contribution is -2.37. The molecule has 1 aromatic carbocycles. The predicted molar refractivity (Wildman–Crippen MR) is 114 cm³/mol. The number of aromatic amines is 1. The molecule has 0 unspecified atom stereocenters. The summed E-state index contributed by atoms with van der Waals surface area (Å²) >= 11 is 6.08. The molecule has 0 atom stereocenters. The number of likely N-dealkylation sites (N-methyl/N-ethyl adjacent to an activating group) is 1. The molecule has 0 spiro atoms. The zero-order valence-electron chi connectivity index (χ0n) is 16.1. The van der Waals surface area contributed by atoms with Crippen LogP contribution >= 0.6 is 11.6 Å². The van der Waals surface area contributed by atoms with E-state index in [1.807, 2.05) is 19.2 Å². The molecule has 27 heavy (non-hydrogen) atoms. The number of likely N-dealkylation sites (tertiary alicyclic amines) is 1. The maximum Gasteiger partial charge on any atom is 0.129 e. The highest BCUT2D eigenvalue weighted by Gasteiger charge is 2.21. The van der Waals surface area contributed by atoms with Crippen molar-refractivity contribution in [2.24, 2.45) is 0 Å². The number of H-pyrrole nitrogens is 1. The molecule has 1 saturated heterocycles. The van der Waals surface area contributed by atoms with E-state index in [-0.39, 0.29) is 0 Å². The lowest BCUT2D eigenvalue weighted by Gasteiger charge is -2.32. The molecule has 4 rings (SSSR count). The summed E-state index contributed by atoms with van der Waals surface area (Å²) in [6.07, 6.45) is 4.24. The highest BCUT2D eigenvalue weighted by atomic mass is 35.5. The van der Waals surface area contributed by atoms with E-state index in [2.05, 4.69) is 45.3 Å². The van der Waals surface area contributed by atoms with Crippen LogP contribution in [0.1, 0.15) is 29.9 Å². The summed E-state index contributed by atoms with van der Waals surface area (Å²) in [5, 5.41) is 5.08. The number of pyridine rings is 1. The highest BCUT2D eigenvalue weighted by molar-refractivity contribution is 6.29. The summed E-state index contributed by atoms with van der Waals surface area (Å²) in [5.41, 5.74) is 6.15. The molecule has 1 aliphatic heterocycles. The second-order valence-electron chi connectivity index (χ2n) is 7.52. The van der Waals surface area contributed by atoms with E-state index in [1.54, 1.807) is 6.20 Å². The summed E-state index contributed by atoms with van der Waals surface area (Å²) in [5.74, 6) is 0.661. The van der Waals surface area contributed by atoms with Gasteiger partial charge in [0.05, 0.1) is 0 Å². The van der Waals surface area contributed by atoms with E-state index in [4.69, 9.17) is 11.6 Å². The van der Waals surface area contributed by atoms with Crippen LogP contribution in [0.25, 0.3) is 22.2 Å². The topological polar surface area (TPSA) is 44.0 Å². The zero-order chi connectivity index (χ0) is 18.8. The molecule has 3 aromatic rings. The Kier molecular flexibility index (Phi) is 5.48. The first kappa shape index (κ1) is 18.5. The van der Waals surface area contributed by atoms with Crippen molar-refractivity contribution in [2.75, 3.05) is 33.2 Å². The van der Waals surface area contributed by atoms with Crippen LogP contribution in [-0.4, -0.2) is 48.1 Å². The second-order valence-corrected chi connectivity index (χ2v) is 7.90. The fourth-order valence-electron chi connectivity index (χ4n) is 4.20. The molecule has 0 aliphatic carbocycles. The molecule has 2 N–H and O–H groups in total. The standard InChI is InChI=1S/C22H27ClN4/c1-15-19-13-17(16-6-10-27(11-7-16)12-9-24-2)3-4-20(19)26-22(15)18-5-8-25-21(23)14-18/h3-5,8,13-14,16,24,26H,6-7,9-12H2,1-2H3. The molecule has 3 heterocycles. The molecule has 1 aliphatic rings. The summed E-state index contributed by atoms with van der Waals surface area (Å²) in [6.45, 7) is 6.79. The number of nitrogens with zero attached hydrogens (tertiary/aromatic N) is 2. The number of hydrogen-bond donors (Lipinski definition) is 2. The van der Waals surface area contributed by atoms with Gasteiger partial charge in [-0.15, -0.1) is 0 Å². The summed E-state index contributed by atoms with van der Waals surface area (Å²) in [4.78, 5) is 10.2. The number of aryl methyl sites for hydroxylation is 1. The van der Waals surface area contributed by atoms with E-state index in [9.17, 15) is 0 Å². The Hall–Kier alpha value is -1.88. The minimum atomic E-state index is 0.524. The van der Waals surface area contributed by atoms with Crippen molar-refractivity contribution in [3.05, 3.63) is 52.8 Å². The number of rotatable bonds is 5. The first-order chi connectivity index (χ1) is 13.2. The number of halogens is 1. The molecule has 142 valence electrons. The molecule has 0 amide bonds. The number of nitrogens with one attached hydrogen (secondary N) is 2. The fraction of sp³-hybridized carbons (Fsp3) is 0.409. The van der Waals surface area contributed by atoms with Crippen LogP contribution in [0, 0.1) is 6.92 Å². The molecule has 2 aromatic heterocycles. The zero-order valence-corrected chi connectivity index (χ0v) is 16.8. The van der Waals surface area contributed by atoms with Crippen molar-refractivity contribution in [1.82, 2.24) is 20.2 Å². The summed E-state index contributed by atoms with van der Waals surface area (Å²) < 4.78 is 0. The van der Waals surface area contributed by atoms with Gasteiger partial charge in [-0.3, -0.25) is 0 Å². The van der Waals surface area contributed by atoms with Crippen LogP contribution in [0.4, 0.5) is 0 Å². The van der Waals surface area contributed by atoms with Crippen LogP contribution < -0.4 is 5.32 Å². The minimum Gasteiger partial charge on any atom is -0.354 e. The van der Waals surface area contributed by atoms with Crippen molar-refractivity contribution in [1.29, 1.82) is 0 Å². The quantitative estimate of drug-likeness (QED) is 0.634. The first-order valence-electron chi connectivity index (χ1n) is 9.77. The van der Waals surface area contributed by atoms with E-state index in [0.717, 1.165) is 24.3 Å². The van der Waals surface area contributed by atoms with Gasteiger partial charge < -0.3 is 15.2 Å². The Morgan fingerprint density at radius 3 is 2.78 bits per heavy atom. The number of fused-ring (bicyclic) bond motifs is 1. The van der Waals surface area contributed by atoms with Crippen LogP contribution in [-0.2, 0) is 0 Å². The SMILES string of the molecule is CNCCN1CCC(c2ccc3[nH]c(-c4ccnc(Cl)c4)c(C)c3c2)CC1. The number of benzene rings is 1. The van der Waals surface area contributed by atoms with Gasteiger partial charge in [0.1, 0.15) is 5.15 Å². The van der Waals surface area contributed by atoms with Crippen LogP contribution in [0.2, 0.25) is 5.15 Å². The Morgan fingerprint density at radius 1 is 1.22 bits per heavy atom. The lowest BCUT2D eigenvalue weighted by molar-refractivity contribution is 0.214. The van der Waals surface area contributed by atoms with E-state index in [0.29, 0.717) is 11.1 Å². The van der Waals surface area contributed by atoms with Crippen molar-refractivity contribution >= 4 is 22.5 Å². The van der Waals surface area contributed by atoms with Crippen molar-refractivity contribution < 1.29 is 0 Å². The average Bonchev–Trinajstić information content (AvgIpc) is 3.03. The second kappa shape index (κ2) is 8.01. The van der Waals surface area contributed by atoms with Gasteiger partial charge >= 0.3 is 0 Å². The molecule has 5 heteroatoms. The van der Waals surface area contributed by atoms with Crippen molar-refractivity contribution in [3.8, 4) is 11.3 Å². The van der Waals surface area contributed by atoms with Crippen LogP contribution in [0.15, 0.2) is 36.5 Å². The first-order valence-corrected chi connectivity index (χ1v) is 10.1. The van der Waals surface area contributed by atoms with Crippen molar-refractivity contribution in [3.63, 3.8) is 0 Å². The molecule has 0 radical (unpaired) electrons. The van der Waals surface area contributed by atoms with E-state index >= 15 is 0 Å². The maximum atomic E-state index is 6.08. The Bertz CT molecular complexity index is 925. The molecule has 0 saturated carbocycles. The van der Waals surface area contributed by atoms with Gasteiger partial charge in [-0.1, -0.05) is 17.7 Å². The van der Waals surface area contributed by atoms with Crippen LogP contribution in [0.5, 0.6) is 0 Å². The van der Waals surface area contributed by atoms with Gasteiger partial charge in [-0.05, 0) is 81.2 Å². The van der Waals surface area contributed by atoms with E-state index in [1.165, 1.54) is 48.0 Å². The highest BCUT2D eigenvalue weighted by Crippen LogP contribution is 2.34. The monoisotopic (exact) mass is 382 g/mol. The maximum absolute atomic E-state index is 6.08. The third-order valence-corrected chi connectivity index (χ3v) is 6.04. The Labute approximate surface area is 165 Å². The van der Waals surface area contributed by atoms with Gasteiger partial charge in [-0.25, -0.2) is 4.98 Å². The smallest absolute Gasteiger partial charge is 0.129 e. The van der Waals surface area contributed by atoms with Gasteiger partial charge in [-0.2, -0.15) is 0 Å². The van der Waals surface area contributed by atoms with Crippen LogP contribution in [0.3, 0.4) is 0 Å². The third kappa shape index (κ3) is 3.88. The Balaban J connectivity index is 1.57.